The minimum atomic E-state index is -0.0302. The van der Waals surface area contributed by atoms with Crippen LogP contribution >= 0.6 is 15.9 Å². The van der Waals surface area contributed by atoms with E-state index in [4.69, 9.17) is 0 Å². The Hall–Kier alpha value is -1.63. The highest BCUT2D eigenvalue weighted by atomic mass is 79.9. The van der Waals surface area contributed by atoms with Crippen molar-refractivity contribution in [1.82, 2.24) is 19.6 Å². The van der Waals surface area contributed by atoms with Gasteiger partial charge in [0.2, 0.25) is 5.91 Å². The first-order valence-corrected chi connectivity index (χ1v) is 7.75. The van der Waals surface area contributed by atoms with Gasteiger partial charge in [0.1, 0.15) is 0 Å². The van der Waals surface area contributed by atoms with Crippen molar-refractivity contribution in [2.45, 2.75) is 47.2 Å². The fourth-order valence-electron chi connectivity index (χ4n) is 2.20. The van der Waals surface area contributed by atoms with Crippen molar-refractivity contribution in [2.24, 2.45) is 0 Å². The largest absolute Gasteiger partial charge is 0.323 e. The van der Waals surface area contributed by atoms with Crippen LogP contribution < -0.4 is 5.32 Å². The Labute approximate surface area is 132 Å². The highest BCUT2D eigenvalue weighted by Gasteiger charge is 2.12. The molecule has 0 unspecified atom stereocenters. The van der Waals surface area contributed by atoms with Crippen molar-refractivity contribution in [2.75, 3.05) is 5.32 Å². The molecule has 2 rings (SSSR count). The second-order valence-electron chi connectivity index (χ2n) is 4.97. The molecule has 7 heteroatoms. The summed E-state index contributed by atoms with van der Waals surface area (Å²) >= 11 is 3.49. The summed E-state index contributed by atoms with van der Waals surface area (Å²) in [5, 5.41) is 11.5. The highest BCUT2D eigenvalue weighted by Crippen LogP contribution is 2.20. The molecule has 114 valence electrons. The van der Waals surface area contributed by atoms with E-state index in [1.54, 1.807) is 6.20 Å². The Balaban J connectivity index is 1.96. The van der Waals surface area contributed by atoms with Gasteiger partial charge in [-0.3, -0.25) is 14.2 Å². The number of carbonyl (C=O) groups excluding carboxylic acids is 1. The van der Waals surface area contributed by atoms with Gasteiger partial charge in [-0.2, -0.15) is 10.2 Å². The van der Waals surface area contributed by atoms with Gasteiger partial charge in [-0.05, 0) is 43.6 Å². The molecular weight excluding hydrogens is 334 g/mol. The van der Waals surface area contributed by atoms with Gasteiger partial charge in [0.05, 0.1) is 34.3 Å². The SMILES string of the molecule is CCn1ncc(NC(=O)CCn2nc(C)c(Br)c2C)c1C. The summed E-state index contributed by atoms with van der Waals surface area (Å²) in [5.74, 6) is -0.0302. The van der Waals surface area contributed by atoms with Crippen LogP contribution in [0.5, 0.6) is 0 Å². The number of hydrogen-bond acceptors (Lipinski definition) is 3. The van der Waals surface area contributed by atoms with E-state index in [1.165, 1.54) is 0 Å². The first kappa shape index (κ1) is 15.8. The lowest BCUT2D eigenvalue weighted by Gasteiger charge is -2.06. The normalized spacial score (nSPS) is 10.9. The molecule has 0 aliphatic carbocycles. The number of nitrogens with zero attached hydrogens (tertiary/aromatic N) is 4. The fourth-order valence-corrected chi connectivity index (χ4v) is 2.48. The number of rotatable bonds is 5. The van der Waals surface area contributed by atoms with Crippen LogP contribution in [-0.2, 0) is 17.9 Å². The molecular formula is C14H20BrN5O. The molecule has 0 aliphatic rings. The molecule has 0 atom stereocenters. The zero-order valence-electron chi connectivity index (χ0n) is 12.8. The Morgan fingerprint density at radius 3 is 2.52 bits per heavy atom. The van der Waals surface area contributed by atoms with Crippen LogP contribution in [0.4, 0.5) is 5.69 Å². The maximum absolute atomic E-state index is 12.0. The van der Waals surface area contributed by atoms with Crippen molar-refractivity contribution >= 4 is 27.5 Å². The number of amides is 1. The molecule has 2 aromatic rings. The van der Waals surface area contributed by atoms with E-state index in [9.17, 15) is 4.79 Å². The lowest BCUT2D eigenvalue weighted by atomic mass is 10.3. The summed E-state index contributed by atoms with van der Waals surface area (Å²) in [6.07, 6.45) is 2.07. The maximum atomic E-state index is 12.0. The fraction of sp³-hybridized carbons (Fsp3) is 0.500. The van der Waals surface area contributed by atoms with Crippen LogP contribution in [0.3, 0.4) is 0 Å². The zero-order chi connectivity index (χ0) is 15.6. The van der Waals surface area contributed by atoms with Crippen molar-refractivity contribution in [3.05, 3.63) is 27.8 Å². The third-order valence-corrected chi connectivity index (χ3v) is 4.67. The number of carbonyl (C=O) groups is 1. The number of halogens is 1. The predicted molar refractivity (Wildman–Crippen MR) is 85.3 cm³/mol. The average molecular weight is 354 g/mol. The second-order valence-corrected chi connectivity index (χ2v) is 5.76. The number of nitrogens with one attached hydrogen (secondary N) is 1. The molecule has 0 spiro atoms. The van der Waals surface area contributed by atoms with Gasteiger partial charge >= 0.3 is 0 Å². The van der Waals surface area contributed by atoms with Crippen LogP contribution in [-0.4, -0.2) is 25.5 Å². The monoisotopic (exact) mass is 353 g/mol. The third-order valence-electron chi connectivity index (χ3n) is 3.52. The molecule has 0 saturated heterocycles. The quantitative estimate of drug-likeness (QED) is 0.898. The van der Waals surface area contributed by atoms with Gasteiger partial charge in [-0.1, -0.05) is 0 Å². The van der Waals surface area contributed by atoms with Crippen molar-refractivity contribution < 1.29 is 4.79 Å². The molecule has 0 fully saturated rings. The molecule has 0 radical (unpaired) electrons. The van der Waals surface area contributed by atoms with E-state index in [0.29, 0.717) is 13.0 Å². The van der Waals surface area contributed by atoms with Crippen molar-refractivity contribution in [3.8, 4) is 0 Å². The third kappa shape index (κ3) is 3.34. The molecule has 6 nitrogen and oxygen atoms in total. The highest BCUT2D eigenvalue weighted by molar-refractivity contribution is 9.10. The molecule has 1 amide bonds. The number of aryl methyl sites for hydroxylation is 3. The van der Waals surface area contributed by atoms with E-state index in [1.807, 2.05) is 37.1 Å². The second kappa shape index (κ2) is 6.43. The Morgan fingerprint density at radius 1 is 1.29 bits per heavy atom. The van der Waals surface area contributed by atoms with E-state index >= 15 is 0 Å². The summed E-state index contributed by atoms with van der Waals surface area (Å²) in [5.41, 5.74) is 3.72. The molecule has 2 heterocycles. The standard InChI is InChI=1S/C14H20BrN5O/c1-5-19-10(3)12(8-16-19)17-13(21)6-7-20-11(4)14(15)9(2)18-20/h8H,5-7H2,1-4H3,(H,17,21). The van der Waals surface area contributed by atoms with Crippen LogP contribution in [0.1, 0.15) is 30.4 Å². The molecule has 1 N–H and O–H groups in total. The first-order valence-electron chi connectivity index (χ1n) is 6.95. The molecule has 21 heavy (non-hydrogen) atoms. The van der Waals surface area contributed by atoms with E-state index in [-0.39, 0.29) is 5.91 Å². The Bertz CT molecular complexity index is 659. The predicted octanol–water partition coefficient (Wildman–Crippen LogP) is 2.82. The van der Waals surface area contributed by atoms with Crippen molar-refractivity contribution in [1.29, 1.82) is 0 Å². The number of anilines is 1. The minimum absolute atomic E-state index is 0.0302. The molecule has 0 aromatic carbocycles. The van der Waals surface area contributed by atoms with Gasteiger partial charge in [0, 0.05) is 18.7 Å². The van der Waals surface area contributed by atoms with E-state index < -0.39 is 0 Å². The van der Waals surface area contributed by atoms with Crippen LogP contribution in [0, 0.1) is 20.8 Å². The van der Waals surface area contributed by atoms with Gasteiger partial charge in [0.15, 0.2) is 0 Å². The summed E-state index contributed by atoms with van der Waals surface area (Å²) in [4.78, 5) is 12.0. The zero-order valence-corrected chi connectivity index (χ0v) is 14.4. The number of aromatic nitrogens is 4. The lowest BCUT2D eigenvalue weighted by Crippen LogP contribution is -2.16. The first-order chi connectivity index (χ1) is 9.93. The molecule has 0 saturated carbocycles. The smallest absolute Gasteiger partial charge is 0.226 e. The average Bonchev–Trinajstić information content (AvgIpc) is 2.92. The van der Waals surface area contributed by atoms with E-state index in [0.717, 1.165) is 33.8 Å². The van der Waals surface area contributed by atoms with Gasteiger partial charge < -0.3 is 5.32 Å². The van der Waals surface area contributed by atoms with Crippen LogP contribution in [0.25, 0.3) is 0 Å². The maximum Gasteiger partial charge on any atom is 0.226 e. The Kier molecular flexibility index (Phi) is 4.82. The van der Waals surface area contributed by atoms with Gasteiger partial charge in [-0.15, -0.1) is 0 Å². The summed E-state index contributed by atoms with van der Waals surface area (Å²) < 4.78 is 4.71. The van der Waals surface area contributed by atoms with Gasteiger partial charge in [-0.25, -0.2) is 0 Å². The summed E-state index contributed by atoms with van der Waals surface area (Å²) in [7, 11) is 0. The summed E-state index contributed by atoms with van der Waals surface area (Å²) in [6, 6.07) is 0. The lowest BCUT2D eigenvalue weighted by molar-refractivity contribution is -0.116. The Morgan fingerprint density at radius 2 is 2.00 bits per heavy atom. The number of hydrogen-bond donors (Lipinski definition) is 1. The molecule has 0 bridgehead atoms. The topological polar surface area (TPSA) is 64.7 Å². The molecule has 0 aliphatic heterocycles. The van der Waals surface area contributed by atoms with Crippen molar-refractivity contribution in [3.63, 3.8) is 0 Å². The van der Waals surface area contributed by atoms with Crippen LogP contribution in [0.15, 0.2) is 10.7 Å². The minimum Gasteiger partial charge on any atom is -0.323 e. The van der Waals surface area contributed by atoms with Gasteiger partial charge in [0.25, 0.3) is 0 Å². The van der Waals surface area contributed by atoms with E-state index in [2.05, 4.69) is 31.4 Å². The summed E-state index contributed by atoms with van der Waals surface area (Å²) in [6.45, 7) is 9.25. The molecule has 2 aromatic heterocycles. The van der Waals surface area contributed by atoms with Crippen LogP contribution in [0.2, 0.25) is 0 Å².